The van der Waals surface area contributed by atoms with Gasteiger partial charge in [0.2, 0.25) is 11.8 Å². The number of carbonyl (C=O) groups excluding carboxylic acids is 5. The van der Waals surface area contributed by atoms with Gasteiger partial charge in [-0.1, -0.05) is 11.6 Å². The second-order valence-electron chi connectivity index (χ2n) is 16.4. The van der Waals surface area contributed by atoms with E-state index in [1.807, 2.05) is 11.0 Å². The van der Waals surface area contributed by atoms with E-state index in [9.17, 15) is 24.0 Å². The molecule has 2 aromatic carbocycles. The molecule has 17 heteroatoms. The maximum absolute atomic E-state index is 15.6. The van der Waals surface area contributed by atoms with E-state index < -0.39 is 35.5 Å². The van der Waals surface area contributed by atoms with Crippen LogP contribution in [-0.2, 0) is 9.59 Å². The average Bonchev–Trinajstić information content (AvgIpc) is 3.89. The van der Waals surface area contributed by atoms with Crippen molar-refractivity contribution in [1.82, 2.24) is 30.4 Å². The Bertz CT molecular complexity index is 2240. The van der Waals surface area contributed by atoms with Crippen molar-refractivity contribution in [2.24, 2.45) is 11.8 Å². The van der Waals surface area contributed by atoms with Gasteiger partial charge in [0.25, 0.3) is 17.7 Å². The number of amides is 5. The third kappa shape index (κ3) is 7.57. The number of aromatic nitrogens is 2. The summed E-state index contributed by atoms with van der Waals surface area (Å²) in [7, 11) is 0. The number of carbonyl (C=O) groups is 5. The number of nitriles is 1. The van der Waals surface area contributed by atoms with E-state index in [2.05, 4.69) is 30.4 Å². The molecule has 5 amide bonds. The average molecular weight is 824 g/mol. The molecule has 306 valence electrons. The third-order valence-electron chi connectivity index (χ3n) is 13.0. The molecule has 0 spiro atoms. The molecule has 2 aliphatic carbocycles. The van der Waals surface area contributed by atoms with E-state index in [0.29, 0.717) is 53.0 Å². The van der Waals surface area contributed by atoms with Gasteiger partial charge in [0.05, 0.1) is 45.9 Å². The number of benzene rings is 2. The molecule has 0 radical (unpaired) electrons. The summed E-state index contributed by atoms with van der Waals surface area (Å²) in [6.45, 7) is 4.58. The van der Waals surface area contributed by atoms with Gasteiger partial charge < -0.3 is 19.9 Å². The number of nitrogens with zero attached hydrogens (tertiary/aromatic N) is 7. The van der Waals surface area contributed by atoms with Crippen LogP contribution in [0.2, 0.25) is 5.02 Å². The lowest BCUT2D eigenvalue weighted by atomic mass is 9.93. The van der Waals surface area contributed by atoms with Gasteiger partial charge in [0, 0.05) is 63.8 Å². The van der Waals surface area contributed by atoms with Crippen molar-refractivity contribution in [3.05, 3.63) is 75.9 Å². The van der Waals surface area contributed by atoms with Gasteiger partial charge in [-0.05, 0) is 81.0 Å². The lowest BCUT2D eigenvalue weighted by Gasteiger charge is -2.39. The Morgan fingerprint density at radius 1 is 0.898 bits per heavy atom. The zero-order chi connectivity index (χ0) is 40.9. The van der Waals surface area contributed by atoms with Gasteiger partial charge >= 0.3 is 0 Å². The van der Waals surface area contributed by atoms with Crippen LogP contribution in [0.1, 0.15) is 88.1 Å². The summed E-state index contributed by atoms with van der Waals surface area (Å²) in [4.78, 5) is 80.3. The fourth-order valence-corrected chi connectivity index (χ4v) is 10.1. The molecular weight excluding hydrogens is 781 g/mol. The Morgan fingerprint density at radius 2 is 1.61 bits per heavy atom. The van der Waals surface area contributed by atoms with E-state index in [0.717, 1.165) is 81.5 Å². The highest BCUT2D eigenvalue weighted by molar-refractivity contribution is 6.31. The Balaban J connectivity index is 0.727. The predicted molar refractivity (Wildman–Crippen MR) is 211 cm³/mol. The summed E-state index contributed by atoms with van der Waals surface area (Å²) < 4.78 is 21.6. The first-order valence-corrected chi connectivity index (χ1v) is 20.7. The van der Waals surface area contributed by atoms with Gasteiger partial charge in [-0.25, -0.2) is 14.4 Å². The number of hydrogen-bond acceptors (Lipinski definition) is 12. The predicted octanol–water partition coefficient (Wildman–Crippen LogP) is 3.70. The molecule has 4 aliphatic heterocycles. The number of imide groups is 2. The van der Waals surface area contributed by atoms with Crippen LogP contribution >= 0.6 is 11.6 Å². The van der Waals surface area contributed by atoms with E-state index in [1.165, 1.54) is 12.3 Å². The molecule has 3 saturated heterocycles. The van der Waals surface area contributed by atoms with E-state index >= 15 is 4.39 Å². The molecule has 1 aromatic heterocycles. The molecule has 15 nitrogen and oxygen atoms in total. The molecule has 59 heavy (non-hydrogen) atoms. The Hall–Kier alpha value is -5.66. The largest absolute Gasteiger partial charge is 0.490 e. The van der Waals surface area contributed by atoms with Gasteiger partial charge in [-0.2, -0.15) is 5.26 Å². The molecule has 6 aliphatic rings. The summed E-state index contributed by atoms with van der Waals surface area (Å²) in [5.74, 6) is -1.24. The first kappa shape index (κ1) is 38.8. The quantitative estimate of drug-likeness (QED) is 0.315. The van der Waals surface area contributed by atoms with Crippen LogP contribution < -0.4 is 25.2 Å². The number of halogens is 2. The molecule has 5 fully saturated rings. The summed E-state index contributed by atoms with van der Waals surface area (Å²) in [6, 6.07) is 9.00. The minimum absolute atomic E-state index is 0.00508. The molecule has 2 saturated carbocycles. The highest BCUT2D eigenvalue weighted by Gasteiger charge is 2.47. The van der Waals surface area contributed by atoms with E-state index in [4.69, 9.17) is 21.6 Å². The van der Waals surface area contributed by atoms with Gasteiger partial charge in [0.1, 0.15) is 35.2 Å². The minimum atomic E-state index is -1.10. The van der Waals surface area contributed by atoms with Crippen LogP contribution in [0.5, 0.6) is 5.75 Å². The summed E-state index contributed by atoms with van der Waals surface area (Å²) >= 11 is 6.14. The van der Waals surface area contributed by atoms with Crippen LogP contribution in [0.4, 0.5) is 15.9 Å². The lowest BCUT2D eigenvalue weighted by Crippen LogP contribution is -2.54. The van der Waals surface area contributed by atoms with Crippen LogP contribution in [0.15, 0.2) is 42.7 Å². The number of piperidine rings is 1. The molecule has 0 bridgehead atoms. The number of hydrogen-bond donors (Lipinski definition) is 2. The number of anilines is 2. The van der Waals surface area contributed by atoms with Crippen LogP contribution in [0.3, 0.4) is 0 Å². The maximum Gasteiger partial charge on any atom is 0.271 e. The number of nitrogens with one attached hydrogen (secondary N) is 2. The fourth-order valence-electron chi connectivity index (χ4n) is 9.84. The van der Waals surface area contributed by atoms with Crippen LogP contribution in [-0.4, -0.2) is 113 Å². The number of rotatable bonds is 8. The monoisotopic (exact) mass is 823 g/mol. The minimum Gasteiger partial charge on any atom is -0.490 e. The van der Waals surface area contributed by atoms with Crippen molar-refractivity contribution < 1.29 is 33.1 Å². The Kier molecular flexibility index (Phi) is 10.4. The van der Waals surface area contributed by atoms with Crippen molar-refractivity contribution in [3.8, 4) is 11.8 Å². The van der Waals surface area contributed by atoms with Crippen molar-refractivity contribution in [2.75, 3.05) is 49.1 Å². The second-order valence-corrected chi connectivity index (χ2v) is 16.9. The van der Waals surface area contributed by atoms with E-state index in [-0.39, 0.29) is 47.7 Å². The highest BCUT2D eigenvalue weighted by Crippen LogP contribution is 2.43. The first-order chi connectivity index (χ1) is 28.5. The standard InChI is InChI=1S/C42H43ClFN9O6/c43-32-15-29(4-1-23(32)18-45)59-28-5-2-26(3-6-28)48-39(55)34-19-47-37(20-46-34)51-11-9-50(10-12-51)27-13-24-21-52(22-25(24)14-27)36-17-31-30(16-33(36)44)41(57)53(42(31)58)35-7-8-38(54)49-40(35)56/h1,4,15-17,19-20,24-28,35H,2-3,5-14,21-22H2,(H,48,55)(H,49,54,56)/t24-,25+,26?,27?,28?,35?. The SMILES string of the molecule is N#Cc1ccc(OC2CCC(NC(=O)c3cnc(N4CCN(C5C[C@@H]6CN(c7cc8c(cc7F)C(=O)N(C7CCC(=O)NC7=O)C8=O)C[C@@H]6C5)CC4)cn3)CC2)cc1Cl. The molecule has 2 unspecified atom stereocenters. The number of fused-ring (bicyclic) bond motifs is 2. The molecule has 9 rings (SSSR count). The zero-order valence-electron chi connectivity index (χ0n) is 32.2. The molecule has 2 N–H and O–H groups in total. The smallest absolute Gasteiger partial charge is 0.271 e. The van der Waals surface area contributed by atoms with Crippen molar-refractivity contribution >= 4 is 52.6 Å². The van der Waals surface area contributed by atoms with Gasteiger partial charge in [0.15, 0.2) is 0 Å². The fraction of sp³-hybridized carbons (Fsp3) is 0.476. The Labute approximate surface area is 344 Å². The number of piperazine rings is 1. The van der Waals surface area contributed by atoms with Crippen LogP contribution in [0, 0.1) is 29.0 Å². The molecule has 3 aromatic rings. The summed E-state index contributed by atoms with van der Waals surface area (Å²) in [5, 5.41) is 14.7. The normalized spacial score (nSPS) is 27.0. The molecular formula is C42H43ClFN9O6. The first-order valence-electron chi connectivity index (χ1n) is 20.3. The molecule has 4 atom stereocenters. The van der Waals surface area contributed by atoms with Crippen LogP contribution in [0.25, 0.3) is 0 Å². The second kappa shape index (κ2) is 15.8. The van der Waals surface area contributed by atoms with Gasteiger partial charge in [-0.15, -0.1) is 0 Å². The van der Waals surface area contributed by atoms with Crippen molar-refractivity contribution in [2.45, 2.75) is 75.6 Å². The van der Waals surface area contributed by atoms with Crippen molar-refractivity contribution in [3.63, 3.8) is 0 Å². The third-order valence-corrected chi connectivity index (χ3v) is 13.3. The van der Waals surface area contributed by atoms with Gasteiger partial charge in [-0.3, -0.25) is 39.1 Å². The zero-order valence-corrected chi connectivity index (χ0v) is 33.0. The topological polar surface area (TPSA) is 181 Å². The summed E-state index contributed by atoms with van der Waals surface area (Å²) in [5.41, 5.74) is 1.00. The van der Waals surface area contributed by atoms with E-state index in [1.54, 1.807) is 24.4 Å². The highest BCUT2D eigenvalue weighted by atomic mass is 35.5. The molecule has 5 heterocycles. The summed E-state index contributed by atoms with van der Waals surface area (Å²) in [6.07, 6.45) is 8.33. The maximum atomic E-state index is 15.6. The Morgan fingerprint density at radius 3 is 2.25 bits per heavy atom. The lowest BCUT2D eigenvalue weighted by molar-refractivity contribution is -0.136. The number of ether oxygens (including phenoxy) is 1. The van der Waals surface area contributed by atoms with Crippen molar-refractivity contribution in [1.29, 1.82) is 5.26 Å².